The largest absolute Gasteiger partial charge is 0.337 e. The van der Waals surface area contributed by atoms with E-state index in [1.54, 1.807) is 4.90 Å². The van der Waals surface area contributed by atoms with Crippen molar-refractivity contribution in [1.29, 1.82) is 0 Å². The molecule has 2 amide bonds. The first-order valence-corrected chi connectivity index (χ1v) is 8.94. The van der Waals surface area contributed by atoms with Crippen LogP contribution in [0.15, 0.2) is 42.5 Å². The summed E-state index contributed by atoms with van der Waals surface area (Å²) in [6.45, 7) is 4.90. The fraction of sp³-hybridized carbons (Fsp3) is 0.400. The third-order valence-corrected chi connectivity index (χ3v) is 5.32. The van der Waals surface area contributed by atoms with Crippen molar-refractivity contribution < 1.29 is 9.59 Å². The number of carbonyl (C=O) groups is 2. The van der Waals surface area contributed by atoms with Crippen molar-refractivity contribution in [2.24, 2.45) is 5.92 Å². The maximum Gasteiger partial charge on any atom is 0.228 e. The highest BCUT2D eigenvalue weighted by Gasteiger charge is 2.39. The van der Waals surface area contributed by atoms with Gasteiger partial charge in [-0.1, -0.05) is 36.4 Å². The van der Waals surface area contributed by atoms with Gasteiger partial charge in [0.25, 0.3) is 0 Å². The molecule has 0 saturated carbocycles. The monoisotopic (exact) mass is 337 g/mol. The molecule has 0 bridgehead atoms. The topological polar surface area (TPSA) is 52.7 Å². The number of carbonyl (C=O) groups excluding carboxylic acids is 2. The lowest BCUT2D eigenvalue weighted by molar-refractivity contribution is -0.138. The van der Waals surface area contributed by atoms with Crippen LogP contribution in [-0.4, -0.2) is 48.9 Å². The summed E-state index contributed by atoms with van der Waals surface area (Å²) in [4.78, 5) is 29.3. The summed E-state index contributed by atoms with van der Waals surface area (Å²) in [5.74, 6) is -0.0883. The molecule has 130 valence electrons. The quantitative estimate of drug-likeness (QED) is 0.912. The third kappa shape index (κ3) is 2.89. The fourth-order valence-electron chi connectivity index (χ4n) is 3.95. The molecule has 2 aliphatic rings. The van der Waals surface area contributed by atoms with Crippen LogP contribution in [0.1, 0.15) is 13.3 Å². The summed E-state index contributed by atoms with van der Waals surface area (Å²) < 4.78 is 0. The lowest BCUT2D eigenvalue weighted by Crippen LogP contribution is -2.54. The Morgan fingerprint density at radius 3 is 2.80 bits per heavy atom. The fourth-order valence-corrected chi connectivity index (χ4v) is 3.95. The Hall–Kier alpha value is -2.40. The lowest BCUT2D eigenvalue weighted by atomic mass is 10.0. The summed E-state index contributed by atoms with van der Waals surface area (Å²) >= 11 is 0. The number of piperazine rings is 1. The van der Waals surface area contributed by atoms with Gasteiger partial charge in [-0.3, -0.25) is 9.59 Å². The first-order chi connectivity index (χ1) is 12.1. The molecule has 0 aliphatic carbocycles. The van der Waals surface area contributed by atoms with Gasteiger partial charge in [0.1, 0.15) is 0 Å². The minimum absolute atomic E-state index is 0.0393. The first kappa shape index (κ1) is 16.1. The number of nitrogens with zero attached hydrogens (tertiary/aromatic N) is 2. The van der Waals surface area contributed by atoms with Crippen LogP contribution in [0, 0.1) is 5.92 Å². The molecule has 2 aromatic rings. The maximum atomic E-state index is 12.9. The van der Waals surface area contributed by atoms with Crippen molar-refractivity contribution in [3.8, 4) is 0 Å². The zero-order chi connectivity index (χ0) is 17.4. The van der Waals surface area contributed by atoms with Gasteiger partial charge in [-0.2, -0.15) is 0 Å². The smallest absolute Gasteiger partial charge is 0.228 e. The average molecular weight is 337 g/mol. The van der Waals surface area contributed by atoms with Crippen LogP contribution in [0.4, 0.5) is 5.69 Å². The van der Waals surface area contributed by atoms with Gasteiger partial charge < -0.3 is 15.1 Å². The molecule has 2 aliphatic heterocycles. The molecule has 2 heterocycles. The van der Waals surface area contributed by atoms with Gasteiger partial charge in [0.2, 0.25) is 11.8 Å². The van der Waals surface area contributed by atoms with Crippen LogP contribution in [-0.2, 0) is 9.59 Å². The van der Waals surface area contributed by atoms with Gasteiger partial charge in [-0.05, 0) is 18.4 Å². The molecule has 1 N–H and O–H groups in total. The van der Waals surface area contributed by atoms with E-state index in [2.05, 4.69) is 12.2 Å². The molecule has 2 aromatic carbocycles. The second-order valence-corrected chi connectivity index (χ2v) is 6.99. The summed E-state index contributed by atoms with van der Waals surface area (Å²) in [5, 5.41) is 5.47. The Balaban J connectivity index is 1.59. The molecule has 25 heavy (non-hydrogen) atoms. The number of rotatable bonds is 2. The summed E-state index contributed by atoms with van der Waals surface area (Å²) in [5.41, 5.74) is 0.909. The molecule has 2 saturated heterocycles. The van der Waals surface area contributed by atoms with Gasteiger partial charge >= 0.3 is 0 Å². The lowest BCUT2D eigenvalue weighted by Gasteiger charge is -2.35. The van der Waals surface area contributed by atoms with Gasteiger partial charge in [0.05, 0.1) is 11.6 Å². The van der Waals surface area contributed by atoms with E-state index in [1.165, 1.54) is 0 Å². The highest BCUT2D eigenvalue weighted by molar-refractivity contribution is 6.07. The van der Waals surface area contributed by atoms with E-state index in [9.17, 15) is 9.59 Å². The molecule has 2 fully saturated rings. The molecular weight excluding hydrogens is 314 g/mol. The van der Waals surface area contributed by atoms with Crippen molar-refractivity contribution in [3.63, 3.8) is 0 Å². The van der Waals surface area contributed by atoms with E-state index in [0.29, 0.717) is 13.0 Å². The molecule has 2 unspecified atom stereocenters. The summed E-state index contributed by atoms with van der Waals surface area (Å²) in [6, 6.07) is 14.2. The Kier molecular flexibility index (Phi) is 4.17. The van der Waals surface area contributed by atoms with Gasteiger partial charge in [0.15, 0.2) is 0 Å². The molecule has 0 radical (unpaired) electrons. The van der Waals surface area contributed by atoms with Crippen LogP contribution >= 0.6 is 0 Å². The minimum Gasteiger partial charge on any atom is -0.337 e. The van der Waals surface area contributed by atoms with Crippen LogP contribution in [0.5, 0.6) is 0 Å². The highest BCUT2D eigenvalue weighted by Crippen LogP contribution is 2.32. The van der Waals surface area contributed by atoms with E-state index in [-0.39, 0.29) is 23.8 Å². The van der Waals surface area contributed by atoms with E-state index < -0.39 is 0 Å². The normalized spacial score (nSPS) is 24.1. The number of hydrogen-bond donors (Lipinski definition) is 1. The Morgan fingerprint density at radius 1 is 1.16 bits per heavy atom. The van der Waals surface area contributed by atoms with E-state index >= 15 is 0 Å². The standard InChI is InChI=1S/C20H23N3O2/c1-14-12-21-9-10-22(14)20(25)16-11-19(24)23(13-16)18-8-4-6-15-5-2-3-7-17(15)18/h2-8,14,16,21H,9-13H2,1H3. The maximum absolute atomic E-state index is 12.9. The minimum atomic E-state index is -0.244. The molecule has 5 nitrogen and oxygen atoms in total. The number of benzene rings is 2. The molecule has 4 rings (SSSR count). The first-order valence-electron chi connectivity index (χ1n) is 8.94. The second kappa shape index (κ2) is 6.48. The number of nitrogens with one attached hydrogen (secondary N) is 1. The van der Waals surface area contributed by atoms with E-state index in [4.69, 9.17) is 0 Å². The van der Waals surface area contributed by atoms with Gasteiger partial charge in [-0.25, -0.2) is 0 Å². The van der Waals surface area contributed by atoms with Crippen LogP contribution < -0.4 is 10.2 Å². The zero-order valence-electron chi connectivity index (χ0n) is 14.4. The molecular formula is C20H23N3O2. The van der Waals surface area contributed by atoms with E-state index in [0.717, 1.165) is 36.1 Å². The SMILES string of the molecule is CC1CNCCN1C(=O)C1CC(=O)N(c2cccc3ccccc23)C1. The Labute approximate surface area is 147 Å². The van der Waals surface area contributed by atoms with Crippen LogP contribution in [0.25, 0.3) is 10.8 Å². The highest BCUT2D eigenvalue weighted by atomic mass is 16.2. The number of hydrogen-bond acceptors (Lipinski definition) is 3. The summed E-state index contributed by atoms with van der Waals surface area (Å²) in [6.07, 6.45) is 0.304. The third-order valence-electron chi connectivity index (χ3n) is 5.32. The molecule has 0 aromatic heterocycles. The van der Waals surface area contributed by atoms with Crippen LogP contribution in [0.2, 0.25) is 0 Å². The zero-order valence-corrected chi connectivity index (χ0v) is 14.4. The molecule has 5 heteroatoms. The molecule has 0 spiro atoms. The second-order valence-electron chi connectivity index (χ2n) is 6.99. The van der Waals surface area contributed by atoms with Crippen molar-refractivity contribution in [1.82, 2.24) is 10.2 Å². The predicted molar refractivity (Wildman–Crippen MR) is 98.5 cm³/mol. The molecule has 2 atom stereocenters. The predicted octanol–water partition coefficient (Wildman–Crippen LogP) is 2.01. The number of anilines is 1. The van der Waals surface area contributed by atoms with Gasteiger partial charge in [0, 0.05) is 44.0 Å². The number of fused-ring (bicyclic) bond motifs is 1. The van der Waals surface area contributed by atoms with Gasteiger partial charge in [-0.15, -0.1) is 0 Å². The van der Waals surface area contributed by atoms with Crippen molar-refractivity contribution in [2.75, 3.05) is 31.1 Å². The van der Waals surface area contributed by atoms with Crippen molar-refractivity contribution in [3.05, 3.63) is 42.5 Å². The van der Waals surface area contributed by atoms with Crippen molar-refractivity contribution in [2.45, 2.75) is 19.4 Å². The van der Waals surface area contributed by atoms with Crippen LogP contribution in [0.3, 0.4) is 0 Å². The summed E-state index contributed by atoms with van der Waals surface area (Å²) in [7, 11) is 0. The Bertz CT molecular complexity index is 814. The Morgan fingerprint density at radius 2 is 1.96 bits per heavy atom. The van der Waals surface area contributed by atoms with Crippen molar-refractivity contribution >= 4 is 28.3 Å². The average Bonchev–Trinajstić information content (AvgIpc) is 3.02. The number of amides is 2. The van der Waals surface area contributed by atoms with E-state index in [1.807, 2.05) is 47.4 Å².